The Kier molecular flexibility index (Phi) is 3.81. The summed E-state index contributed by atoms with van der Waals surface area (Å²) in [4.78, 5) is 3.68. The molecular weight excluding hydrogens is 312 g/mol. The molecule has 1 rings (SSSR count). The Morgan fingerprint density at radius 3 is 2.69 bits per heavy atom. The third kappa shape index (κ3) is 2.47. The van der Waals surface area contributed by atoms with Crippen molar-refractivity contribution in [3.8, 4) is 0 Å². The maximum absolute atomic E-state index is 12.3. The number of hydrogen-bond donors (Lipinski definition) is 1. The molecule has 0 aliphatic carbocycles. The summed E-state index contributed by atoms with van der Waals surface area (Å²) < 4.78 is 25.0. The van der Waals surface area contributed by atoms with E-state index in [2.05, 4.69) is 4.98 Å². The predicted molar refractivity (Wildman–Crippen MR) is 54.8 cm³/mol. The topological polar surface area (TPSA) is 38.9 Å². The highest BCUT2D eigenvalue weighted by molar-refractivity contribution is 14.1. The average molecular weight is 318 g/mol. The van der Waals surface area contributed by atoms with Gasteiger partial charge < -0.3 is 5.73 Å². The molecule has 0 unspecified atom stereocenters. The van der Waals surface area contributed by atoms with Gasteiger partial charge >= 0.3 is 0 Å². The molecule has 0 radical (unpaired) electrons. The van der Waals surface area contributed by atoms with Crippen molar-refractivity contribution in [2.45, 2.75) is 13.0 Å². The Labute approximate surface area is 92.6 Å². The van der Waals surface area contributed by atoms with Gasteiger partial charge in [-0.25, -0.2) is 13.8 Å². The van der Waals surface area contributed by atoms with Crippen LogP contribution < -0.4 is 5.73 Å². The molecule has 0 spiro atoms. The summed E-state index contributed by atoms with van der Waals surface area (Å²) in [6.45, 7) is 0.0650. The normalized spacial score (nSPS) is 10.9. The highest BCUT2D eigenvalue weighted by Gasteiger charge is 2.15. The van der Waals surface area contributed by atoms with E-state index in [1.165, 1.54) is 6.07 Å². The number of pyridine rings is 1. The van der Waals surface area contributed by atoms with Crippen LogP contribution in [0.25, 0.3) is 0 Å². The van der Waals surface area contributed by atoms with Gasteiger partial charge in [0.15, 0.2) is 0 Å². The number of hydrogen-bond acceptors (Lipinski definition) is 2. The van der Waals surface area contributed by atoms with Crippen molar-refractivity contribution in [3.63, 3.8) is 0 Å². The molecule has 1 aromatic rings. The van der Waals surface area contributed by atoms with Gasteiger partial charge in [0.25, 0.3) is 6.43 Å². The van der Waals surface area contributed by atoms with Crippen molar-refractivity contribution in [1.29, 1.82) is 0 Å². The fourth-order valence-electron chi connectivity index (χ4n) is 0.817. The molecule has 0 aromatic carbocycles. The Hall–Kier alpha value is -0.0100. The molecule has 0 saturated heterocycles. The Morgan fingerprint density at radius 2 is 2.23 bits per heavy atom. The third-order valence-corrected chi connectivity index (χ3v) is 2.62. The van der Waals surface area contributed by atoms with Crippen LogP contribution in [0.1, 0.15) is 17.8 Å². The van der Waals surface area contributed by atoms with Crippen molar-refractivity contribution < 1.29 is 8.78 Å². The highest BCUT2D eigenvalue weighted by Crippen LogP contribution is 2.26. The molecule has 0 saturated carbocycles. The van der Waals surface area contributed by atoms with Crippen molar-refractivity contribution >= 4 is 34.2 Å². The first-order chi connectivity index (χ1) is 6.06. The molecule has 0 aliphatic rings. The van der Waals surface area contributed by atoms with E-state index >= 15 is 0 Å². The van der Waals surface area contributed by atoms with Crippen LogP contribution in [-0.4, -0.2) is 4.98 Å². The SMILES string of the molecule is NCc1nc(C(F)F)c(I)cc1Cl. The van der Waals surface area contributed by atoms with Gasteiger partial charge in [0, 0.05) is 10.1 Å². The summed E-state index contributed by atoms with van der Waals surface area (Å²) in [5.74, 6) is 0. The van der Waals surface area contributed by atoms with E-state index in [4.69, 9.17) is 17.3 Å². The van der Waals surface area contributed by atoms with Crippen LogP contribution in [0.5, 0.6) is 0 Å². The van der Waals surface area contributed by atoms with E-state index < -0.39 is 6.43 Å². The summed E-state index contributed by atoms with van der Waals surface area (Å²) in [6, 6.07) is 1.44. The Balaban J connectivity index is 3.22. The summed E-state index contributed by atoms with van der Waals surface area (Å²) in [7, 11) is 0. The first-order valence-electron chi connectivity index (χ1n) is 3.39. The van der Waals surface area contributed by atoms with E-state index in [1.54, 1.807) is 22.6 Å². The molecule has 0 amide bonds. The quantitative estimate of drug-likeness (QED) is 0.852. The summed E-state index contributed by atoms with van der Waals surface area (Å²) >= 11 is 7.48. The number of rotatable bonds is 2. The second-order valence-corrected chi connectivity index (χ2v) is 3.86. The summed E-state index contributed by atoms with van der Waals surface area (Å²) in [5, 5.41) is 0.330. The van der Waals surface area contributed by atoms with Crippen molar-refractivity contribution in [3.05, 3.63) is 26.0 Å². The highest BCUT2D eigenvalue weighted by atomic mass is 127. The molecule has 0 aliphatic heterocycles. The number of nitrogens with two attached hydrogens (primary N) is 1. The van der Waals surface area contributed by atoms with Gasteiger partial charge in [-0.2, -0.15) is 0 Å². The monoisotopic (exact) mass is 318 g/mol. The number of nitrogens with zero attached hydrogens (tertiary/aromatic N) is 1. The van der Waals surface area contributed by atoms with Gasteiger partial charge in [-0.3, -0.25) is 0 Å². The molecule has 0 bridgehead atoms. The lowest BCUT2D eigenvalue weighted by atomic mass is 10.3. The van der Waals surface area contributed by atoms with Gasteiger partial charge in [-0.05, 0) is 28.7 Å². The maximum Gasteiger partial charge on any atom is 0.281 e. The van der Waals surface area contributed by atoms with Gasteiger partial charge in [0.2, 0.25) is 0 Å². The molecule has 2 N–H and O–H groups in total. The van der Waals surface area contributed by atoms with Gasteiger partial charge in [0.05, 0.1) is 10.7 Å². The van der Waals surface area contributed by atoms with E-state index in [0.29, 0.717) is 14.3 Å². The van der Waals surface area contributed by atoms with Crippen LogP contribution in [0.2, 0.25) is 5.02 Å². The lowest BCUT2D eigenvalue weighted by Gasteiger charge is -2.06. The molecule has 72 valence electrons. The minimum atomic E-state index is -2.59. The van der Waals surface area contributed by atoms with Gasteiger partial charge in [-0.15, -0.1) is 0 Å². The van der Waals surface area contributed by atoms with Crippen molar-refractivity contribution in [1.82, 2.24) is 4.98 Å². The first kappa shape index (κ1) is 11.1. The third-order valence-electron chi connectivity index (χ3n) is 1.43. The van der Waals surface area contributed by atoms with E-state index in [0.717, 1.165) is 0 Å². The zero-order valence-electron chi connectivity index (χ0n) is 6.40. The van der Waals surface area contributed by atoms with Crippen molar-refractivity contribution in [2.75, 3.05) is 0 Å². The fourth-order valence-corrected chi connectivity index (χ4v) is 1.90. The molecule has 0 atom stereocenters. The molecule has 6 heteroatoms. The molecule has 0 fully saturated rings. The summed E-state index contributed by atoms with van der Waals surface area (Å²) in [6.07, 6.45) is -2.59. The van der Waals surface area contributed by atoms with E-state index in [9.17, 15) is 8.78 Å². The Bertz CT molecular complexity index is 320. The van der Waals surface area contributed by atoms with Crippen LogP contribution in [0, 0.1) is 3.57 Å². The number of alkyl halides is 2. The lowest BCUT2D eigenvalue weighted by Crippen LogP contribution is -2.05. The fraction of sp³-hybridized carbons (Fsp3) is 0.286. The first-order valence-corrected chi connectivity index (χ1v) is 4.85. The molecule has 2 nitrogen and oxygen atoms in total. The second-order valence-electron chi connectivity index (χ2n) is 2.29. The average Bonchev–Trinajstić information content (AvgIpc) is 2.03. The number of aromatic nitrogens is 1. The zero-order chi connectivity index (χ0) is 10.0. The van der Waals surface area contributed by atoms with Crippen LogP contribution in [-0.2, 0) is 6.54 Å². The zero-order valence-corrected chi connectivity index (χ0v) is 9.31. The van der Waals surface area contributed by atoms with Crippen molar-refractivity contribution in [2.24, 2.45) is 5.73 Å². The summed E-state index contributed by atoms with van der Waals surface area (Å²) in [5.41, 5.74) is 5.32. The van der Waals surface area contributed by atoms with E-state index in [-0.39, 0.29) is 12.2 Å². The predicted octanol–water partition coefficient (Wildman–Crippen LogP) is 2.74. The maximum atomic E-state index is 12.3. The Morgan fingerprint density at radius 1 is 1.62 bits per heavy atom. The molecular formula is C7H6ClF2IN2. The minimum absolute atomic E-state index is 0.0650. The second kappa shape index (κ2) is 4.47. The van der Waals surface area contributed by atoms with Crippen LogP contribution in [0.15, 0.2) is 6.07 Å². The lowest BCUT2D eigenvalue weighted by molar-refractivity contribution is 0.144. The van der Waals surface area contributed by atoms with Crippen LogP contribution >= 0.6 is 34.2 Å². The van der Waals surface area contributed by atoms with Gasteiger partial charge in [0.1, 0.15) is 5.69 Å². The van der Waals surface area contributed by atoms with E-state index in [1.807, 2.05) is 0 Å². The smallest absolute Gasteiger partial charge is 0.281 e. The minimum Gasteiger partial charge on any atom is -0.325 e. The van der Waals surface area contributed by atoms with Crippen LogP contribution in [0.3, 0.4) is 0 Å². The van der Waals surface area contributed by atoms with Crippen LogP contribution in [0.4, 0.5) is 8.78 Å². The molecule has 13 heavy (non-hydrogen) atoms. The molecule has 1 heterocycles. The largest absolute Gasteiger partial charge is 0.325 e. The standard InChI is InChI=1S/C7H6ClF2IN2/c8-3-1-4(11)6(7(9)10)13-5(3)2-12/h1,7H,2,12H2. The molecule has 1 aromatic heterocycles. The van der Waals surface area contributed by atoms with Gasteiger partial charge in [-0.1, -0.05) is 11.6 Å². The number of halogens is 4.